The number of carbonyl (C=O) groups excluding carboxylic acids is 1. The molecule has 4 aromatic carbocycles. The molecular formula is C28H23NO2. The molecule has 0 heterocycles. The zero-order valence-electron chi connectivity index (χ0n) is 17.3. The fraction of sp³-hybridized carbons (Fsp3) is 0.0714. The summed E-state index contributed by atoms with van der Waals surface area (Å²) in [6.07, 6.45) is 0. The standard InChI is InChI=1S/C28H23NO2/c1-22(30)27(23-14-6-2-7-15-23)29-31-28(24-16-8-3-9-17-24,25-18-10-4-11-19-25)26-20-12-5-13-21-26/h2-21H,1H3. The minimum atomic E-state index is -1.01. The van der Waals surface area contributed by atoms with Crippen molar-refractivity contribution in [2.45, 2.75) is 12.5 Å². The van der Waals surface area contributed by atoms with Gasteiger partial charge in [0.15, 0.2) is 11.5 Å². The number of Topliss-reactive ketones (excluding diaryl/α,β-unsaturated/α-hetero) is 1. The first-order valence-electron chi connectivity index (χ1n) is 10.2. The normalized spacial score (nSPS) is 11.7. The number of hydrogen-bond acceptors (Lipinski definition) is 3. The first-order chi connectivity index (χ1) is 15.2. The van der Waals surface area contributed by atoms with Crippen LogP contribution in [0, 0.1) is 0 Å². The summed E-state index contributed by atoms with van der Waals surface area (Å²) in [7, 11) is 0. The molecule has 0 amide bonds. The summed E-state index contributed by atoms with van der Waals surface area (Å²) in [5, 5.41) is 4.46. The molecule has 4 aromatic rings. The second kappa shape index (κ2) is 9.23. The van der Waals surface area contributed by atoms with Gasteiger partial charge in [-0.1, -0.05) is 126 Å². The second-order valence-electron chi connectivity index (χ2n) is 7.23. The van der Waals surface area contributed by atoms with E-state index in [4.69, 9.17) is 4.84 Å². The fourth-order valence-electron chi connectivity index (χ4n) is 3.71. The van der Waals surface area contributed by atoms with Crippen molar-refractivity contribution in [1.82, 2.24) is 0 Å². The van der Waals surface area contributed by atoms with Crippen LogP contribution in [0.15, 0.2) is 126 Å². The molecule has 0 aliphatic rings. The van der Waals surface area contributed by atoms with Gasteiger partial charge in [0.05, 0.1) is 0 Å². The Morgan fingerprint density at radius 1 is 0.613 bits per heavy atom. The molecule has 0 N–H and O–H groups in total. The van der Waals surface area contributed by atoms with E-state index in [0.29, 0.717) is 0 Å². The van der Waals surface area contributed by atoms with Crippen LogP contribution in [0.2, 0.25) is 0 Å². The fourth-order valence-corrected chi connectivity index (χ4v) is 3.71. The summed E-state index contributed by atoms with van der Waals surface area (Å²) in [6.45, 7) is 1.50. The molecule has 31 heavy (non-hydrogen) atoms. The lowest BCUT2D eigenvalue weighted by Gasteiger charge is -2.33. The highest BCUT2D eigenvalue weighted by Crippen LogP contribution is 2.40. The van der Waals surface area contributed by atoms with Crippen molar-refractivity contribution >= 4 is 11.5 Å². The topological polar surface area (TPSA) is 38.7 Å². The third-order valence-electron chi connectivity index (χ3n) is 5.20. The molecular weight excluding hydrogens is 382 g/mol. The van der Waals surface area contributed by atoms with Crippen molar-refractivity contribution in [3.63, 3.8) is 0 Å². The molecule has 0 saturated carbocycles. The zero-order chi connectivity index (χ0) is 21.5. The van der Waals surface area contributed by atoms with E-state index in [2.05, 4.69) is 5.16 Å². The molecule has 0 aliphatic carbocycles. The van der Waals surface area contributed by atoms with Crippen LogP contribution in [0.1, 0.15) is 29.2 Å². The molecule has 0 unspecified atom stereocenters. The number of hydrogen-bond donors (Lipinski definition) is 0. The largest absolute Gasteiger partial charge is 0.374 e. The molecule has 0 radical (unpaired) electrons. The first kappa shape index (κ1) is 20.3. The van der Waals surface area contributed by atoms with Gasteiger partial charge in [0.2, 0.25) is 5.60 Å². The third-order valence-corrected chi connectivity index (χ3v) is 5.20. The van der Waals surface area contributed by atoms with Gasteiger partial charge < -0.3 is 4.84 Å². The Hall–Kier alpha value is -3.98. The highest BCUT2D eigenvalue weighted by molar-refractivity contribution is 6.45. The molecule has 0 bridgehead atoms. The van der Waals surface area contributed by atoms with Gasteiger partial charge >= 0.3 is 0 Å². The summed E-state index contributed by atoms with van der Waals surface area (Å²) in [4.78, 5) is 18.9. The quantitative estimate of drug-likeness (QED) is 0.215. The maximum absolute atomic E-state index is 12.5. The summed E-state index contributed by atoms with van der Waals surface area (Å²) >= 11 is 0. The molecule has 0 aliphatic heterocycles. The summed E-state index contributed by atoms with van der Waals surface area (Å²) in [5.41, 5.74) is 2.76. The average molecular weight is 405 g/mol. The first-order valence-corrected chi connectivity index (χ1v) is 10.2. The molecule has 0 saturated heterocycles. The van der Waals surface area contributed by atoms with Gasteiger partial charge in [0.25, 0.3) is 0 Å². The van der Waals surface area contributed by atoms with Crippen LogP contribution in [0.4, 0.5) is 0 Å². The predicted octanol–water partition coefficient (Wildman–Crippen LogP) is 5.99. The van der Waals surface area contributed by atoms with E-state index in [1.54, 1.807) is 0 Å². The van der Waals surface area contributed by atoms with Crippen LogP contribution in [0.5, 0.6) is 0 Å². The minimum Gasteiger partial charge on any atom is -0.374 e. The summed E-state index contributed by atoms with van der Waals surface area (Å²) in [6, 6.07) is 39.3. The number of carbonyl (C=O) groups is 1. The molecule has 0 fully saturated rings. The van der Waals surface area contributed by atoms with Crippen LogP contribution in [-0.2, 0) is 15.2 Å². The van der Waals surface area contributed by atoms with Gasteiger partial charge in [0.1, 0.15) is 0 Å². The third kappa shape index (κ3) is 4.17. The van der Waals surface area contributed by atoms with Crippen LogP contribution in [0.25, 0.3) is 0 Å². The lowest BCUT2D eigenvalue weighted by Crippen LogP contribution is -2.32. The van der Waals surface area contributed by atoms with Crippen LogP contribution < -0.4 is 0 Å². The molecule has 152 valence electrons. The highest BCUT2D eigenvalue weighted by Gasteiger charge is 2.39. The van der Waals surface area contributed by atoms with Crippen molar-refractivity contribution in [2.24, 2.45) is 5.16 Å². The van der Waals surface area contributed by atoms with Crippen molar-refractivity contribution in [3.8, 4) is 0 Å². The zero-order valence-corrected chi connectivity index (χ0v) is 17.3. The van der Waals surface area contributed by atoms with E-state index in [0.717, 1.165) is 22.3 Å². The monoisotopic (exact) mass is 405 g/mol. The van der Waals surface area contributed by atoms with Crippen LogP contribution in [0.3, 0.4) is 0 Å². The van der Waals surface area contributed by atoms with Gasteiger partial charge in [-0.15, -0.1) is 0 Å². The van der Waals surface area contributed by atoms with Crippen molar-refractivity contribution in [3.05, 3.63) is 144 Å². The Morgan fingerprint density at radius 2 is 0.968 bits per heavy atom. The Kier molecular flexibility index (Phi) is 6.04. The van der Waals surface area contributed by atoms with Crippen LogP contribution >= 0.6 is 0 Å². The van der Waals surface area contributed by atoms with Gasteiger partial charge in [-0.25, -0.2) is 0 Å². The van der Waals surface area contributed by atoms with Crippen molar-refractivity contribution in [2.75, 3.05) is 0 Å². The maximum Gasteiger partial charge on any atom is 0.212 e. The van der Waals surface area contributed by atoms with E-state index < -0.39 is 5.60 Å². The Balaban J connectivity index is 1.95. The Bertz CT molecular complexity index is 1060. The van der Waals surface area contributed by atoms with E-state index >= 15 is 0 Å². The second-order valence-corrected chi connectivity index (χ2v) is 7.23. The van der Waals surface area contributed by atoms with E-state index in [1.807, 2.05) is 121 Å². The number of oxime groups is 1. The number of nitrogens with zero attached hydrogens (tertiary/aromatic N) is 1. The summed E-state index contributed by atoms with van der Waals surface area (Å²) < 4.78 is 0. The van der Waals surface area contributed by atoms with Crippen LogP contribution in [-0.4, -0.2) is 11.5 Å². The Labute approximate surface area is 182 Å². The lowest BCUT2D eigenvalue weighted by molar-refractivity contribution is -0.111. The number of benzene rings is 4. The molecule has 0 aromatic heterocycles. The predicted molar refractivity (Wildman–Crippen MR) is 124 cm³/mol. The molecule has 0 spiro atoms. The number of rotatable bonds is 7. The van der Waals surface area contributed by atoms with E-state index in [9.17, 15) is 4.79 Å². The average Bonchev–Trinajstić information content (AvgIpc) is 2.84. The minimum absolute atomic E-state index is 0.158. The molecule has 3 heteroatoms. The van der Waals surface area contributed by atoms with Gasteiger partial charge in [-0.2, -0.15) is 0 Å². The maximum atomic E-state index is 12.5. The van der Waals surface area contributed by atoms with Gasteiger partial charge in [0, 0.05) is 29.2 Å². The smallest absolute Gasteiger partial charge is 0.212 e. The molecule has 0 atom stereocenters. The summed E-state index contributed by atoms with van der Waals surface area (Å²) in [5.74, 6) is -0.158. The molecule has 3 nitrogen and oxygen atoms in total. The van der Waals surface area contributed by atoms with Gasteiger partial charge in [-0.05, 0) is 0 Å². The van der Waals surface area contributed by atoms with Crippen molar-refractivity contribution in [1.29, 1.82) is 0 Å². The SMILES string of the molecule is CC(=O)C(=NOC(c1ccccc1)(c1ccccc1)c1ccccc1)c1ccccc1. The van der Waals surface area contributed by atoms with E-state index in [-0.39, 0.29) is 11.5 Å². The molecule has 4 rings (SSSR count). The Morgan fingerprint density at radius 3 is 1.32 bits per heavy atom. The highest BCUT2D eigenvalue weighted by atomic mass is 16.7. The number of ketones is 1. The van der Waals surface area contributed by atoms with Gasteiger partial charge in [-0.3, -0.25) is 4.79 Å². The lowest BCUT2D eigenvalue weighted by atomic mass is 9.80. The van der Waals surface area contributed by atoms with Crippen molar-refractivity contribution < 1.29 is 9.63 Å². The van der Waals surface area contributed by atoms with E-state index in [1.165, 1.54) is 6.92 Å².